The number of carbonyl (C=O) groups excluding carboxylic acids is 4. The van der Waals surface area contributed by atoms with Crippen LogP contribution in [0.4, 0.5) is 0 Å². The van der Waals surface area contributed by atoms with Gasteiger partial charge in [-0.3, -0.25) is 24.1 Å². The Morgan fingerprint density at radius 1 is 0.926 bits per heavy atom. The number of thiazole rings is 1. The Morgan fingerprint density at radius 3 is 2.35 bits per heavy atom. The van der Waals surface area contributed by atoms with Crippen LogP contribution in [0.1, 0.15) is 57.2 Å². The zero-order chi connectivity index (χ0) is 38.9. The van der Waals surface area contributed by atoms with E-state index in [9.17, 15) is 29.4 Å². The van der Waals surface area contributed by atoms with Crippen LogP contribution in [0.5, 0.6) is 0 Å². The molecule has 5 atom stereocenters. The van der Waals surface area contributed by atoms with Crippen LogP contribution in [0, 0.1) is 5.92 Å². The first-order chi connectivity index (χ1) is 26.1. The Morgan fingerprint density at radius 2 is 1.65 bits per heavy atom. The summed E-state index contributed by atoms with van der Waals surface area (Å²) >= 11 is 1.36. The van der Waals surface area contributed by atoms with Gasteiger partial charge in [0.25, 0.3) is 0 Å². The molecule has 0 radical (unpaired) electrons. The van der Waals surface area contributed by atoms with E-state index in [-0.39, 0.29) is 44.2 Å². The fraction of sp³-hybridized carbons (Fsp3) is 0.564. The van der Waals surface area contributed by atoms with Crippen molar-refractivity contribution in [3.05, 3.63) is 64.6 Å². The van der Waals surface area contributed by atoms with E-state index in [1.807, 2.05) is 61.2 Å². The molecular formula is C39H57N7O7S. The molecule has 0 aliphatic carbocycles. The summed E-state index contributed by atoms with van der Waals surface area (Å²) in [5.74, 6) is -1.82. The first kappa shape index (κ1) is 42.7. The lowest BCUT2D eigenvalue weighted by molar-refractivity contribution is -0.133. The van der Waals surface area contributed by atoms with Gasteiger partial charge < -0.3 is 42.0 Å². The van der Waals surface area contributed by atoms with Gasteiger partial charge in [0.2, 0.25) is 23.6 Å². The average molecular weight is 768 g/mol. The van der Waals surface area contributed by atoms with Crippen LogP contribution in [0.15, 0.2) is 53.4 Å². The number of nitrogens with one attached hydrogen (secondary N) is 4. The van der Waals surface area contributed by atoms with Gasteiger partial charge in [0, 0.05) is 31.3 Å². The number of unbranched alkanes of at least 4 members (excludes halogenated alkanes) is 1. The van der Waals surface area contributed by atoms with Gasteiger partial charge in [-0.2, -0.15) is 0 Å². The number of hydrogen-bond acceptors (Lipinski definition) is 11. The van der Waals surface area contributed by atoms with E-state index in [4.69, 9.17) is 10.5 Å². The number of rotatable bonds is 22. The number of nitrogens with zero attached hydrogens (tertiary/aromatic N) is 2. The van der Waals surface area contributed by atoms with Crippen LogP contribution in [-0.2, 0) is 36.8 Å². The molecule has 54 heavy (non-hydrogen) atoms. The summed E-state index contributed by atoms with van der Waals surface area (Å²) in [7, 11) is 0. The van der Waals surface area contributed by atoms with Crippen LogP contribution >= 0.6 is 11.3 Å². The molecule has 14 nitrogen and oxygen atoms in total. The van der Waals surface area contributed by atoms with Gasteiger partial charge in [0.1, 0.15) is 12.1 Å². The van der Waals surface area contributed by atoms with E-state index in [1.165, 1.54) is 11.3 Å². The first-order valence-electron chi connectivity index (χ1n) is 18.9. The van der Waals surface area contributed by atoms with E-state index in [2.05, 4.69) is 26.3 Å². The number of amides is 4. The molecule has 0 saturated carbocycles. The highest BCUT2D eigenvalue weighted by Gasteiger charge is 2.32. The summed E-state index contributed by atoms with van der Waals surface area (Å²) in [4.78, 5) is 60.9. The van der Waals surface area contributed by atoms with E-state index in [1.54, 1.807) is 10.9 Å². The van der Waals surface area contributed by atoms with Gasteiger partial charge in [-0.1, -0.05) is 62.7 Å². The normalized spacial score (nSPS) is 16.3. The smallest absolute Gasteiger partial charge is 0.243 e. The molecule has 1 saturated heterocycles. The van der Waals surface area contributed by atoms with Crippen molar-refractivity contribution >= 4 is 45.7 Å². The highest BCUT2D eigenvalue weighted by atomic mass is 32.1. The van der Waals surface area contributed by atoms with Gasteiger partial charge >= 0.3 is 0 Å². The van der Waals surface area contributed by atoms with E-state index < -0.39 is 48.0 Å². The zero-order valence-corrected chi connectivity index (χ0v) is 32.2. The molecule has 4 rings (SSSR count). The van der Waals surface area contributed by atoms with Crippen molar-refractivity contribution in [1.29, 1.82) is 0 Å². The van der Waals surface area contributed by atoms with Crippen LogP contribution in [0.3, 0.4) is 0 Å². The molecule has 2 aromatic carbocycles. The lowest BCUT2D eigenvalue weighted by atomic mass is 9.96. The zero-order valence-electron chi connectivity index (χ0n) is 31.4. The first-order valence-corrected chi connectivity index (χ1v) is 19.8. The Labute approximate surface area is 321 Å². The van der Waals surface area contributed by atoms with Gasteiger partial charge in [-0.25, -0.2) is 4.98 Å². The molecule has 8 N–H and O–H groups in total. The molecule has 0 spiro atoms. The van der Waals surface area contributed by atoms with Crippen LogP contribution in [0.2, 0.25) is 0 Å². The second-order valence-electron chi connectivity index (χ2n) is 14.3. The third kappa shape index (κ3) is 14.0. The largest absolute Gasteiger partial charge is 0.394 e. The summed E-state index contributed by atoms with van der Waals surface area (Å²) in [5.41, 5.74) is 8.66. The molecule has 2 heterocycles. The summed E-state index contributed by atoms with van der Waals surface area (Å²) in [6.07, 6.45) is 1.12. The molecule has 15 heteroatoms. The number of aliphatic hydroxyl groups is 2. The van der Waals surface area contributed by atoms with Crippen molar-refractivity contribution < 1.29 is 34.1 Å². The molecule has 1 fully saturated rings. The number of morpholine rings is 1. The maximum absolute atomic E-state index is 14.2. The quantitative estimate of drug-likeness (QED) is 0.0729. The Balaban J connectivity index is 1.52. The monoisotopic (exact) mass is 767 g/mol. The summed E-state index contributed by atoms with van der Waals surface area (Å²) in [6, 6.07) is 10.2. The molecule has 1 aromatic heterocycles. The van der Waals surface area contributed by atoms with Crippen LogP contribution < -0.4 is 27.0 Å². The summed E-state index contributed by atoms with van der Waals surface area (Å²) in [6.45, 7) is 6.50. The molecule has 1 aliphatic heterocycles. The number of aliphatic hydroxyl groups excluding tert-OH is 2. The maximum atomic E-state index is 14.2. The summed E-state index contributed by atoms with van der Waals surface area (Å²) < 4.78 is 5.42. The van der Waals surface area contributed by atoms with Crippen LogP contribution in [-0.4, -0.2) is 120 Å². The van der Waals surface area contributed by atoms with Gasteiger partial charge in [-0.15, -0.1) is 11.3 Å². The lowest BCUT2D eigenvalue weighted by Gasteiger charge is -2.29. The van der Waals surface area contributed by atoms with Crippen molar-refractivity contribution in [1.82, 2.24) is 31.2 Å². The Bertz CT molecular complexity index is 1610. The number of nitrogens with two attached hydrogens (primary N) is 1. The van der Waals surface area contributed by atoms with Gasteiger partial charge in [0.05, 0.1) is 62.2 Å². The van der Waals surface area contributed by atoms with Gasteiger partial charge in [-0.05, 0) is 48.1 Å². The number of fused-ring (bicyclic) bond motifs is 1. The predicted octanol–water partition coefficient (Wildman–Crippen LogP) is 1.27. The fourth-order valence-electron chi connectivity index (χ4n) is 6.60. The minimum Gasteiger partial charge on any atom is -0.394 e. The van der Waals surface area contributed by atoms with Crippen molar-refractivity contribution in [2.75, 3.05) is 46.0 Å². The minimum atomic E-state index is -1.24. The molecule has 4 amide bonds. The standard InChI is InChI=1S/C39H57N7O7S/c1-26(2)18-32(35(48)21-36(49)42-29(23-47)11-5-6-13-40)44-39(52)34(20-30-24-54-25-41-30)45-38(51)33(43-37(50)22-46-14-16-53-17-15-46)19-28-10-7-9-27-8-3-4-12-31(27)28/h3-4,7-10,12,24-26,29,32-35,47-48H,5-6,11,13-23,40H2,1-2H3,(H,42,49)(H,43,50)(H,44,52)(H,45,51)/t29-,32-,33-,34?,35-/m0/s1. The lowest BCUT2D eigenvalue weighted by Crippen LogP contribution is -2.58. The topological polar surface area (TPSA) is 208 Å². The molecule has 1 unspecified atom stereocenters. The van der Waals surface area contributed by atoms with Crippen molar-refractivity contribution in [3.63, 3.8) is 0 Å². The molecular weight excluding hydrogens is 711 g/mol. The Kier molecular flexibility index (Phi) is 17.7. The number of ether oxygens (including phenoxy) is 1. The number of benzene rings is 2. The van der Waals surface area contributed by atoms with Crippen LogP contribution in [0.25, 0.3) is 10.8 Å². The highest BCUT2D eigenvalue weighted by Crippen LogP contribution is 2.20. The number of carbonyl (C=O) groups is 4. The molecule has 0 bridgehead atoms. The van der Waals surface area contributed by atoms with Crippen molar-refractivity contribution in [2.24, 2.45) is 11.7 Å². The number of aromatic nitrogens is 1. The maximum Gasteiger partial charge on any atom is 0.243 e. The Hall–Kier alpha value is -3.99. The third-order valence-electron chi connectivity index (χ3n) is 9.46. The highest BCUT2D eigenvalue weighted by molar-refractivity contribution is 7.07. The van der Waals surface area contributed by atoms with Gasteiger partial charge in [0.15, 0.2) is 0 Å². The molecule has 1 aliphatic rings. The third-order valence-corrected chi connectivity index (χ3v) is 10.1. The van der Waals surface area contributed by atoms with Crippen molar-refractivity contribution in [2.45, 2.75) is 89.1 Å². The minimum absolute atomic E-state index is 0.0489. The average Bonchev–Trinajstić information content (AvgIpc) is 3.67. The predicted molar refractivity (Wildman–Crippen MR) is 209 cm³/mol. The fourth-order valence-corrected chi connectivity index (χ4v) is 7.17. The van der Waals surface area contributed by atoms with E-state index >= 15 is 0 Å². The molecule has 3 aromatic rings. The second kappa shape index (κ2) is 22.4. The SMILES string of the molecule is CC(C)C[C@H](NC(=O)C(Cc1cscn1)NC(=O)[C@H](Cc1cccc2ccccc12)NC(=O)CN1CCOCC1)[C@@H](O)CC(=O)N[C@H](CO)CCCCN. The van der Waals surface area contributed by atoms with E-state index in [0.29, 0.717) is 51.4 Å². The molecule has 296 valence electrons. The second-order valence-corrected chi connectivity index (χ2v) is 15.1. The number of hydrogen-bond donors (Lipinski definition) is 7. The summed E-state index contributed by atoms with van der Waals surface area (Å²) in [5, 5.41) is 36.3. The van der Waals surface area contributed by atoms with E-state index in [0.717, 1.165) is 29.2 Å². The van der Waals surface area contributed by atoms with Crippen molar-refractivity contribution in [3.8, 4) is 0 Å².